The van der Waals surface area contributed by atoms with Crippen LogP contribution < -0.4 is 0 Å². The molecule has 0 aliphatic rings. The third-order valence-corrected chi connectivity index (χ3v) is 2.37. The van der Waals surface area contributed by atoms with E-state index in [0.717, 1.165) is 0 Å². The molecular formula is C7H6Br2F4O4. The molecule has 17 heavy (non-hydrogen) atoms. The van der Waals surface area contributed by atoms with Crippen LogP contribution in [0.25, 0.3) is 0 Å². The Morgan fingerprint density at radius 3 is 1.24 bits per heavy atom. The van der Waals surface area contributed by atoms with Gasteiger partial charge in [0.15, 0.2) is 0 Å². The van der Waals surface area contributed by atoms with E-state index in [1.54, 1.807) is 31.9 Å². The number of alkyl halides is 6. The van der Waals surface area contributed by atoms with Gasteiger partial charge in [0, 0.05) is 13.8 Å². The second kappa shape index (κ2) is 5.09. The molecule has 0 aromatic rings. The van der Waals surface area contributed by atoms with Crippen LogP contribution in [0.5, 0.6) is 0 Å². The molecule has 0 saturated heterocycles. The van der Waals surface area contributed by atoms with Crippen LogP contribution in [-0.2, 0) is 19.1 Å². The normalized spacial score (nSPS) is 13.2. The van der Waals surface area contributed by atoms with Crippen molar-refractivity contribution in [1.82, 2.24) is 0 Å². The molecule has 10 heteroatoms. The standard InChI is InChI=1S/C7H6Br2F4O4/c1-3(14)16-5(6(8,10)11,7(9,12)13)17-4(2)15/h1-2H3. The minimum absolute atomic E-state index is 0.607. The van der Waals surface area contributed by atoms with Gasteiger partial charge in [-0.25, -0.2) is 0 Å². The highest BCUT2D eigenvalue weighted by Gasteiger charge is 2.73. The van der Waals surface area contributed by atoms with Crippen molar-refractivity contribution < 1.29 is 36.6 Å². The van der Waals surface area contributed by atoms with E-state index < -0.39 is 27.4 Å². The van der Waals surface area contributed by atoms with E-state index in [4.69, 9.17) is 0 Å². The molecule has 0 atom stereocenters. The topological polar surface area (TPSA) is 52.6 Å². The summed E-state index contributed by atoms with van der Waals surface area (Å²) >= 11 is 3.19. The summed E-state index contributed by atoms with van der Waals surface area (Å²) in [6.07, 6.45) is 0. The third-order valence-electron chi connectivity index (χ3n) is 1.32. The van der Waals surface area contributed by atoms with Gasteiger partial charge in [0.2, 0.25) is 0 Å². The lowest BCUT2D eigenvalue weighted by Gasteiger charge is -2.37. The molecule has 4 nitrogen and oxygen atoms in total. The highest BCUT2D eigenvalue weighted by atomic mass is 79.9. The number of hydrogen-bond donors (Lipinski definition) is 0. The summed E-state index contributed by atoms with van der Waals surface area (Å²) in [7, 11) is 0. The number of hydrogen-bond acceptors (Lipinski definition) is 4. The summed E-state index contributed by atoms with van der Waals surface area (Å²) in [5.74, 6) is -7.08. The van der Waals surface area contributed by atoms with Crippen LogP contribution in [-0.4, -0.2) is 27.4 Å². The number of ether oxygens (including phenoxy) is 2. The van der Waals surface area contributed by atoms with E-state index in [1.165, 1.54) is 0 Å². The second-order valence-electron chi connectivity index (χ2n) is 2.80. The van der Waals surface area contributed by atoms with Crippen LogP contribution in [0.3, 0.4) is 0 Å². The summed E-state index contributed by atoms with van der Waals surface area (Å²) in [5, 5.41) is 0. The highest BCUT2D eigenvalue weighted by Crippen LogP contribution is 2.51. The molecule has 0 saturated carbocycles. The van der Waals surface area contributed by atoms with Crippen molar-refractivity contribution in [2.45, 2.75) is 29.3 Å². The van der Waals surface area contributed by atoms with Gasteiger partial charge in [-0.1, -0.05) is 0 Å². The molecule has 0 radical (unpaired) electrons. The highest BCUT2D eigenvalue weighted by molar-refractivity contribution is 9.10. The molecule has 0 N–H and O–H groups in total. The lowest BCUT2D eigenvalue weighted by Crippen LogP contribution is -2.60. The van der Waals surface area contributed by atoms with Crippen LogP contribution in [0.2, 0.25) is 0 Å². The van der Waals surface area contributed by atoms with Crippen molar-refractivity contribution >= 4 is 43.8 Å². The molecule has 100 valence electrons. The monoisotopic (exact) mass is 388 g/mol. The van der Waals surface area contributed by atoms with Crippen LogP contribution in [0, 0.1) is 0 Å². The van der Waals surface area contributed by atoms with Gasteiger partial charge in [0.25, 0.3) is 0 Å². The summed E-state index contributed by atoms with van der Waals surface area (Å²) < 4.78 is 60.0. The molecule has 0 rings (SSSR count). The first-order chi connectivity index (χ1) is 7.33. The fraction of sp³-hybridized carbons (Fsp3) is 0.714. The van der Waals surface area contributed by atoms with E-state index >= 15 is 0 Å². The van der Waals surface area contributed by atoms with Crippen LogP contribution in [0.15, 0.2) is 0 Å². The number of halogens is 6. The van der Waals surface area contributed by atoms with Crippen molar-refractivity contribution in [2.75, 3.05) is 0 Å². The molecule has 0 aromatic heterocycles. The van der Waals surface area contributed by atoms with Crippen molar-refractivity contribution in [3.05, 3.63) is 0 Å². The quantitative estimate of drug-likeness (QED) is 0.321. The minimum atomic E-state index is -4.51. The molecule has 0 spiro atoms. The average molecular weight is 390 g/mol. The molecule has 0 aliphatic carbocycles. The first-order valence-electron chi connectivity index (χ1n) is 3.86. The molecule has 0 bridgehead atoms. The van der Waals surface area contributed by atoms with Crippen molar-refractivity contribution in [1.29, 1.82) is 0 Å². The SMILES string of the molecule is CC(=O)OC(OC(C)=O)(C(F)(F)Br)C(F)(F)Br. The predicted octanol–water partition coefficient (Wildman–Crippen LogP) is 2.78. The third kappa shape index (κ3) is 3.80. The summed E-state index contributed by atoms with van der Waals surface area (Å²) in [5.41, 5.74) is 0. The fourth-order valence-electron chi connectivity index (χ4n) is 0.818. The lowest BCUT2D eigenvalue weighted by molar-refractivity contribution is -0.328. The number of carbonyl (C=O) groups is 2. The van der Waals surface area contributed by atoms with E-state index in [1.807, 2.05) is 0 Å². The maximum absolute atomic E-state index is 13.1. The van der Waals surface area contributed by atoms with Crippen molar-refractivity contribution in [2.24, 2.45) is 0 Å². The summed E-state index contributed by atoms with van der Waals surface area (Å²) in [6.45, 7) is 1.21. The largest absolute Gasteiger partial charge is 0.410 e. The van der Waals surface area contributed by atoms with Crippen LogP contribution >= 0.6 is 31.9 Å². The van der Waals surface area contributed by atoms with Crippen LogP contribution in [0.4, 0.5) is 17.6 Å². The molecule has 0 amide bonds. The number of rotatable bonds is 4. The summed E-state index contributed by atoms with van der Waals surface area (Å²) in [4.78, 5) is 12.2. The number of carbonyl (C=O) groups excluding carboxylic acids is 2. The lowest BCUT2D eigenvalue weighted by atomic mass is 10.3. The maximum Gasteiger partial charge on any atom is 0.407 e. The molecule has 0 aromatic carbocycles. The van der Waals surface area contributed by atoms with Gasteiger partial charge in [0.1, 0.15) is 0 Å². The molecule has 0 heterocycles. The molecule has 0 fully saturated rings. The van der Waals surface area contributed by atoms with Gasteiger partial charge >= 0.3 is 27.4 Å². The Kier molecular flexibility index (Phi) is 4.97. The molecule has 0 aliphatic heterocycles. The first kappa shape index (κ1) is 16.6. The first-order valence-corrected chi connectivity index (χ1v) is 5.44. The zero-order valence-corrected chi connectivity index (χ0v) is 11.6. The second-order valence-corrected chi connectivity index (χ2v) is 4.79. The van der Waals surface area contributed by atoms with Crippen LogP contribution in [0.1, 0.15) is 13.8 Å². The minimum Gasteiger partial charge on any atom is -0.410 e. The Labute approximate surface area is 110 Å². The molecule has 0 unspecified atom stereocenters. The van der Waals surface area contributed by atoms with Gasteiger partial charge in [-0.2, -0.15) is 17.6 Å². The van der Waals surface area contributed by atoms with Crippen molar-refractivity contribution in [3.63, 3.8) is 0 Å². The Morgan fingerprint density at radius 1 is 0.882 bits per heavy atom. The fourth-order valence-corrected chi connectivity index (χ4v) is 1.91. The Balaban J connectivity index is 5.71. The zero-order valence-electron chi connectivity index (χ0n) is 8.40. The smallest absolute Gasteiger partial charge is 0.407 e. The van der Waals surface area contributed by atoms with E-state index in [-0.39, 0.29) is 0 Å². The van der Waals surface area contributed by atoms with Gasteiger partial charge in [-0.3, -0.25) is 9.59 Å². The predicted molar refractivity (Wildman–Crippen MR) is 54.0 cm³/mol. The van der Waals surface area contributed by atoms with Crippen molar-refractivity contribution in [3.8, 4) is 0 Å². The summed E-state index contributed by atoms with van der Waals surface area (Å²) in [6, 6.07) is 0. The molecular weight excluding hydrogens is 384 g/mol. The Bertz CT molecular complexity index is 291. The maximum atomic E-state index is 13.1. The Morgan fingerprint density at radius 2 is 1.12 bits per heavy atom. The van der Waals surface area contributed by atoms with Gasteiger partial charge in [-0.05, 0) is 31.9 Å². The Hall–Kier alpha value is -0.380. The van der Waals surface area contributed by atoms with Gasteiger partial charge < -0.3 is 9.47 Å². The van der Waals surface area contributed by atoms with Gasteiger partial charge in [0.05, 0.1) is 0 Å². The number of esters is 2. The van der Waals surface area contributed by atoms with Gasteiger partial charge in [-0.15, -0.1) is 0 Å². The zero-order chi connectivity index (χ0) is 14.1. The average Bonchev–Trinajstić information content (AvgIpc) is 1.96. The van der Waals surface area contributed by atoms with E-state index in [9.17, 15) is 27.2 Å². The van der Waals surface area contributed by atoms with E-state index in [2.05, 4.69) is 9.47 Å². The van der Waals surface area contributed by atoms with E-state index in [0.29, 0.717) is 13.8 Å².